The number of nitrogens with zero attached hydrogens (tertiary/aromatic N) is 4. The van der Waals surface area contributed by atoms with Gasteiger partial charge in [0.05, 0.1) is 0 Å². The van der Waals surface area contributed by atoms with E-state index in [1.54, 1.807) is 12.4 Å². The van der Waals surface area contributed by atoms with Crippen LogP contribution in [0, 0.1) is 24.3 Å². The molecule has 342 valence electrons. The van der Waals surface area contributed by atoms with Gasteiger partial charge >= 0.3 is 0 Å². The number of benzene rings is 8. The van der Waals surface area contributed by atoms with Crippen LogP contribution >= 0.6 is 0 Å². The van der Waals surface area contributed by atoms with E-state index in [1.165, 1.54) is 43.8 Å². The molecule has 0 spiro atoms. The van der Waals surface area contributed by atoms with Gasteiger partial charge in [-0.05, 0) is 74.1 Å². The third-order valence-corrected chi connectivity index (χ3v) is 11.0. The van der Waals surface area contributed by atoms with Gasteiger partial charge in [-0.25, -0.2) is 0 Å². The van der Waals surface area contributed by atoms with Gasteiger partial charge in [-0.15, -0.1) is 137 Å². The van der Waals surface area contributed by atoms with Gasteiger partial charge in [0.25, 0.3) is 0 Å². The maximum atomic E-state index is 4.45. The summed E-state index contributed by atoms with van der Waals surface area (Å²) >= 11 is 0. The number of hydrogen-bond acceptors (Lipinski definition) is 4. The number of hydrogen-bond donors (Lipinski definition) is 0. The Bertz CT molecular complexity index is 3180. The fraction of sp³-hybridized carbons (Fsp3) is 0. The molecule has 12 rings (SSSR count). The molecule has 0 unspecified atom stereocenters. The molecule has 0 N–H and O–H groups in total. The Morgan fingerprint density at radius 1 is 0.271 bits per heavy atom. The van der Waals surface area contributed by atoms with Crippen LogP contribution in [-0.2, 0) is 40.2 Å². The molecule has 4 aromatic heterocycles. The molecule has 0 fully saturated rings. The van der Waals surface area contributed by atoms with Crippen LogP contribution in [-0.4, -0.2) is 19.9 Å². The molecule has 2 radical (unpaired) electrons. The maximum absolute atomic E-state index is 4.45. The molecule has 70 heavy (non-hydrogen) atoms. The molecular formula is C64H44Ir2N4-4. The molecule has 0 saturated heterocycles. The molecule has 0 amide bonds. The first-order valence-electron chi connectivity index (χ1n) is 22.4. The van der Waals surface area contributed by atoms with E-state index in [1.807, 2.05) is 182 Å². The smallest absolute Gasteiger partial charge is 0.0167 e. The van der Waals surface area contributed by atoms with Crippen molar-refractivity contribution in [3.8, 4) is 67.3 Å². The minimum Gasteiger partial charge on any atom is -0.305 e. The molecule has 0 saturated carbocycles. The molecule has 6 heteroatoms. The van der Waals surface area contributed by atoms with E-state index in [0.29, 0.717) is 0 Å². The zero-order chi connectivity index (χ0) is 46.0. The molecule has 4 nitrogen and oxygen atoms in total. The van der Waals surface area contributed by atoms with Crippen molar-refractivity contribution < 1.29 is 40.2 Å². The fourth-order valence-electron chi connectivity index (χ4n) is 7.61. The van der Waals surface area contributed by atoms with Crippen molar-refractivity contribution in [2.45, 2.75) is 0 Å². The van der Waals surface area contributed by atoms with Crippen LogP contribution in [0.1, 0.15) is 0 Å². The molecule has 0 bridgehead atoms. The van der Waals surface area contributed by atoms with Crippen molar-refractivity contribution in [2.75, 3.05) is 0 Å². The van der Waals surface area contributed by atoms with Gasteiger partial charge in [-0.3, -0.25) is 0 Å². The monoisotopic (exact) mass is 1250 g/mol. The quantitative estimate of drug-likeness (QED) is 0.156. The third-order valence-electron chi connectivity index (χ3n) is 11.0. The van der Waals surface area contributed by atoms with E-state index in [4.69, 9.17) is 0 Å². The fourth-order valence-corrected chi connectivity index (χ4v) is 7.61. The van der Waals surface area contributed by atoms with Crippen molar-refractivity contribution in [3.63, 3.8) is 0 Å². The van der Waals surface area contributed by atoms with Crippen LogP contribution in [0.4, 0.5) is 0 Å². The molecular weight excluding hydrogens is 1210 g/mol. The average molecular weight is 1250 g/mol. The Morgan fingerprint density at radius 2 is 0.743 bits per heavy atom. The van der Waals surface area contributed by atoms with E-state index < -0.39 is 0 Å². The number of fused-ring (bicyclic) bond motifs is 2. The van der Waals surface area contributed by atoms with Crippen LogP contribution in [0.2, 0.25) is 0 Å². The maximum Gasteiger partial charge on any atom is 0.0167 e. The average Bonchev–Trinajstić information content (AvgIpc) is 3.45. The molecule has 0 aliphatic rings. The summed E-state index contributed by atoms with van der Waals surface area (Å²) in [5.41, 5.74) is 12.8. The molecule has 8 aromatic carbocycles. The van der Waals surface area contributed by atoms with E-state index >= 15 is 0 Å². The van der Waals surface area contributed by atoms with Gasteiger partial charge < -0.3 is 19.9 Å². The molecule has 0 atom stereocenters. The topological polar surface area (TPSA) is 51.6 Å². The first-order valence-corrected chi connectivity index (χ1v) is 22.4. The Morgan fingerprint density at radius 3 is 1.23 bits per heavy atom. The summed E-state index contributed by atoms with van der Waals surface area (Å²) in [6, 6.07) is 94.2. The van der Waals surface area contributed by atoms with E-state index in [2.05, 4.69) is 117 Å². The van der Waals surface area contributed by atoms with Crippen molar-refractivity contribution in [1.29, 1.82) is 0 Å². The SMILES string of the molecule is [Ir].[Ir].[c-]1cc(-c2ccccc2)ccc1-c1ccccn1.[c-]1ccc(-c2ccccc2)cc1-c1ccccn1.[c-]1ccccc1-c1nccc2ccccc12.[c-]1ccccc1-c1nccc2ccccc12. The van der Waals surface area contributed by atoms with E-state index in [-0.39, 0.29) is 40.2 Å². The van der Waals surface area contributed by atoms with Crippen LogP contribution in [0.15, 0.2) is 267 Å². The number of pyridine rings is 4. The second-order valence-electron chi connectivity index (χ2n) is 15.5. The zero-order valence-corrected chi connectivity index (χ0v) is 42.6. The predicted octanol–water partition coefficient (Wildman–Crippen LogP) is 15.8. The summed E-state index contributed by atoms with van der Waals surface area (Å²) < 4.78 is 0. The van der Waals surface area contributed by atoms with Gasteiger partial charge in [-0.1, -0.05) is 145 Å². The first-order chi connectivity index (χ1) is 33.8. The van der Waals surface area contributed by atoms with Gasteiger partial charge in [0.15, 0.2) is 0 Å². The summed E-state index contributed by atoms with van der Waals surface area (Å²) in [6.07, 6.45) is 7.30. The second-order valence-corrected chi connectivity index (χ2v) is 15.5. The van der Waals surface area contributed by atoms with Crippen molar-refractivity contribution in [3.05, 3.63) is 292 Å². The summed E-state index contributed by atoms with van der Waals surface area (Å²) in [5, 5.41) is 4.77. The summed E-state index contributed by atoms with van der Waals surface area (Å²) in [5.74, 6) is 0. The summed E-state index contributed by atoms with van der Waals surface area (Å²) in [7, 11) is 0. The standard InChI is InChI=1S/2C17H12N.2C15H10N.2Ir/c1-2-7-14(8-3-1)15-9-6-10-16(13-15)17-11-4-5-12-18-17;1-2-6-14(7-3-1)15-9-11-16(12-10-15)17-8-4-5-13-18-17;2*1-2-7-13(8-3-1)15-14-9-5-4-6-12(14)10-11-16-15;;/h1-9,11-13H;1-11,13H;2*1-7,9-11H;;/q4*-1;;. The van der Waals surface area contributed by atoms with Gasteiger partial charge in [0, 0.05) is 65.0 Å². The van der Waals surface area contributed by atoms with E-state index in [0.717, 1.165) is 45.0 Å². The van der Waals surface area contributed by atoms with Crippen LogP contribution in [0.3, 0.4) is 0 Å². The van der Waals surface area contributed by atoms with Gasteiger partial charge in [0.2, 0.25) is 0 Å². The Labute approximate surface area is 437 Å². The first kappa shape index (κ1) is 50.1. The van der Waals surface area contributed by atoms with Crippen molar-refractivity contribution in [2.24, 2.45) is 0 Å². The number of rotatable bonds is 6. The molecule has 12 aromatic rings. The van der Waals surface area contributed by atoms with Crippen molar-refractivity contribution >= 4 is 21.5 Å². The Kier molecular flexibility index (Phi) is 18.6. The molecule has 0 aliphatic carbocycles. The predicted molar refractivity (Wildman–Crippen MR) is 280 cm³/mol. The zero-order valence-electron chi connectivity index (χ0n) is 37.9. The Hall–Kier alpha value is -7.82. The molecule has 0 aliphatic heterocycles. The van der Waals surface area contributed by atoms with E-state index in [9.17, 15) is 0 Å². The Balaban J connectivity index is 0.000000136. The van der Waals surface area contributed by atoms with Crippen LogP contribution < -0.4 is 0 Å². The van der Waals surface area contributed by atoms with Crippen LogP contribution in [0.25, 0.3) is 88.8 Å². The van der Waals surface area contributed by atoms with Gasteiger partial charge in [0.1, 0.15) is 0 Å². The van der Waals surface area contributed by atoms with Crippen LogP contribution in [0.5, 0.6) is 0 Å². The summed E-state index contributed by atoms with van der Waals surface area (Å²) in [6.45, 7) is 0. The third kappa shape index (κ3) is 13.2. The van der Waals surface area contributed by atoms with Crippen molar-refractivity contribution in [1.82, 2.24) is 19.9 Å². The summed E-state index contributed by atoms with van der Waals surface area (Å²) in [4.78, 5) is 17.6. The molecule has 4 heterocycles. The second kappa shape index (κ2) is 26.1. The number of aromatic nitrogens is 4. The van der Waals surface area contributed by atoms with Gasteiger partial charge in [-0.2, -0.15) is 0 Å². The normalized spacial score (nSPS) is 10.1. The largest absolute Gasteiger partial charge is 0.305 e. The minimum atomic E-state index is 0. The minimum absolute atomic E-state index is 0.